The number of rotatable bonds is 4. The molecular formula is C16H24Cl2N2O3. The molecule has 0 aromatic heterocycles. The first kappa shape index (κ1) is 20.0. The highest BCUT2D eigenvalue weighted by Crippen LogP contribution is 2.31. The van der Waals surface area contributed by atoms with Gasteiger partial charge in [0.2, 0.25) is 0 Å². The second-order valence-corrected chi connectivity index (χ2v) is 5.68. The van der Waals surface area contributed by atoms with Crippen LogP contribution in [0.2, 0.25) is 0 Å². The highest BCUT2D eigenvalue weighted by Gasteiger charge is 2.17. The van der Waals surface area contributed by atoms with Gasteiger partial charge in [-0.2, -0.15) is 0 Å². The van der Waals surface area contributed by atoms with Gasteiger partial charge in [0, 0.05) is 44.7 Å². The summed E-state index contributed by atoms with van der Waals surface area (Å²) in [6.45, 7) is 6.21. The minimum Gasteiger partial charge on any atom is -0.486 e. The average molecular weight is 363 g/mol. The summed E-state index contributed by atoms with van der Waals surface area (Å²) >= 11 is 0. The molecular weight excluding hydrogens is 339 g/mol. The molecule has 0 saturated carbocycles. The number of ketones is 1. The Bertz CT molecular complexity index is 520. The number of carbonyl (C=O) groups is 1. The Morgan fingerprint density at radius 3 is 2.39 bits per heavy atom. The van der Waals surface area contributed by atoms with E-state index in [1.807, 2.05) is 12.1 Å². The zero-order valence-corrected chi connectivity index (χ0v) is 15.0. The maximum Gasteiger partial charge on any atom is 0.164 e. The molecule has 1 aromatic carbocycles. The van der Waals surface area contributed by atoms with Gasteiger partial charge in [0.25, 0.3) is 0 Å². The molecule has 2 heterocycles. The molecule has 0 atom stereocenters. The summed E-state index contributed by atoms with van der Waals surface area (Å²) in [7, 11) is 2.14. The zero-order chi connectivity index (χ0) is 14.7. The molecule has 0 N–H and O–H groups in total. The molecule has 1 saturated heterocycles. The first-order valence-corrected chi connectivity index (χ1v) is 7.56. The molecule has 0 unspecified atom stereocenters. The monoisotopic (exact) mass is 362 g/mol. The van der Waals surface area contributed by atoms with Gasteiger partial charge in [-0.1, -0.05) is 0 Å². The summed E-state index contributed by atoms with van der Waals surface area (Å²) in [6, 6.07) is 5.47. The SMILES string of the molecule is CN1CCN(CCC(=O)c2ccc3c(c2)OCCO3)CC1.Cl.Cl. The summed E-state index contributed by atoms with van der Waals surface area (Å²) in [5.74, 6) is 1.59. The summed E-state index contributed by atoms with van der Waals surface area (Å²) in [5.41, 5.74) is 0.716. The van der Waals surface area contributed by atoms with Gasteiger partial charge in [0.1, 0.15) is 13.2 Å². The summed E-state index contributed by atoms with van der Waals surface area (Å²) in [5, 5.41) is 0. The molecule has 0 radical (unpaired) electrons. The molecule has 3 rings (SSSR count). The Morgan fingerprint density at radius 2 is 1.70 bits per heavy atom. The van der Waals surface area contributed by atoms with Gasteiger partial charge in [-0.25, -0.2) is 0 Å². The fourth-order valence-corrected chi connectivity index (χ4v) is 2.69. The van der Waals surface area contributed by atoms with Crippen LogP contribution in [0.4, 0.5) is 0 Å². The lowest BCUT2D eigenvalue weighted by Gasteiger charge is -2.32. The Labute approximate surface area is 149 Å². The van der Waals surface area contributed by atoms with E-state index in [1.54, 1.807) is 6.07 Å². The Morgan fingerprint density at radius 1 is 1.04 bits per heavy atom. The van der Waals surface area contributed by atoms with Gasteiger partial charge in [-0.3, -0.25) is 4.79 Å². The van der Waals surface area contributed by atoms with E-state index in [1.165, 1.54) is 0 Å². The molecule has 1 fully saturated rings. The normalized spacial score (nSPS) is 17.8. The lowest BCUT2D eigenvalue weighted by atomic mass is 10.1. The van der Waals surface area contributed by atoms with Crippen molar-refractivity contribution in [2.45, 2.75) is 6.42 Å². The van der Waals surface area contributed by atoms with Crippen LogP contribution in [0.3, 0.4) is 0 Å². The van der Waals surface area contributed by atoms with Gasteiger partial charge >= 0.3 is 0 Å². The predicted octanol–water partition coefficient (Wildman–Crippen LogP) is 2.12. The standard InChI is InChI=1S/C16H22N2O3.2ClH/c1-17-6-8-18(9-7-17)5-4-14(19)13-2-3-15-16(12-13)21-11-10-20-15;;/h2-3,12H,4-11H2,1H3;2*1H. The molecule has 5 nitrogen and oxygen atoms in total. The van der Waals surface area contributed by atoms with Crippen LogP contribution in [-0.2, 0) is 0 Å². The number of likely N-dealkylation sites (N-methyl/N-ethyl adjacent to an activating group) is 1. The van der Waals surface area contributed by atoms with Crippen LogP contribution in [0, 0.1) is 0 Å². The van der Waals surface area contributed by atoms with Gasteiger partial charge in [0.05, 0.1) is 0 Å². The van der Waals surface area contributed by atoms with Gasteiger partial charge < -0.3 is 19.3 Å². The quantitative estimate of drug-likeness (QED) is 0.767. The van der Waals surface area contributed by atoms with E-state index in [-0.39, 0.29) is 30.6 Å². The molecule has 0 spiro atoms. The third-order valence-electron chi connectivity index (χ3n) is 4.12. The maximum absolute atomic E-state index is 12.3. The third-order valence-corrected chi connectivity index (χ3v) is 4.12. The molecule has 0 aliphatic carbocycles. The zero-order valence-electron chi connectivity index (χ0n) is 13.3. The largest absolute Gasteiger partial charge is 0.486 e. The summed E-state index contributed by atoms with van der Waals surface area (Å²) < 4.78 is 11.0. The highest BCUT2D eigenvalue weighted by molar-refractivity contribution is 5.96. The fraction of sp³-hybridized carbons (Fsp3) is 0.562. The molecule has 0 amide bonds. The Kier molecular flexibility index (Phi) is 8.12. The molecule has 130 valence electrons. The first-order chi connectivity index (χ1) is 10.2. The van der Waals surface area contributed by atoms with Crippen LogP contribution in [0.25, 0.3) is 0 Å². The van der Waals surface area contributed by atoms with E-state index < -0.39 is 0 Å². The number of hydrogen-bond donors (Lipinski definition) is 0. The Hall–Kier alpha value is -1.01. The van der Waals surface area contributed by atoms with Crippen LogP contribution < -0.4 is 9.47 Å². The number of nitrogens with zero attached hydrogens (tertiary/aromatic N) is 2. The number of halogens is 2. The van der Waals surface area contributed by atoms with E-state index in [0.717, 1.165) is 38.5 Å². The summed E-state index contributed by atoms with van der Waals surface area (Å²) in [4.78, 5) is 17.0. The predicted molar refractivity (Wildman–Crippen MR) is 94.8 cm³/mol. The molecule has 2 aliphatic heterocycles. The number of piperazine rings is 1. The van der Waals surface area contributed by atoms with Crippen molar-refractivity contribution in [3.8, 4) is 11.5 Å². The van der Waals surface area contributed by atoms with Crippen LogP contribution in [-0.4, -0.2) is 68.6 Å². The number of ether oxygens (including phenoxy) is 2. The van der Waals surface area contributed by atoms with Gasteiger partial charge in [-0.15, -0.1) is 24.8 Å². The summed E-state index contributed by atoms with van der Waals surface area (Å²) in [6.07, 6.45) is 0.559. The van der Waals surface area contributed by atoms with E-state index in [4.69, 9.17) is 9.47 Å². The van der Waals surface area contributed by atoms with Crippen molar-refractivity contribution >= 4 is 30.6 Å². The molecule has 23 heavy (non-hydrogen) atoms. The second kappa shape index (κ2) is 9.33. The Balaban J connectivity index is 0.00000132. The number of Topliss-reactive ketones (excluding diaryl/α,β-unsaturated/α-hetero) is 1. The van der Waals surface area contributed by atoms with Crippen molar-refractivity contribution in [1.82, 2.24) is 9.80 Å². The lowest BCUT2D eigenvalue weighted by Crippen LogP contribution is -2.45. The van der Waals surface area contributed by atoms with Crippen LogP contribution in [0.1, 0.15) is 16.8 Å². The third kappa shape index (κ3) is 5.24. The first-order valence-electron chi connectivity index (χ1n) is 7.56. The van der Waals surface area contributed by atoms with Crippen molar-refractivity contribution in [2.24, 2.45) is 0 Å². The van der Waals surface area contributed by atoms with Crippen molar-refractivity contribution in [3.63, 3.8) is 0 Å². The number of benzene rings is 1. The smallest absolute Gasteiger partial charge is 0.164 e. The second-order valence-electron chi connectivity index (χ2n) is 5.68. The number of fused-ring (bicyclic) bond motifs is 1. The van der Waals surface area contributed by atoms with E-state index in [0.29, 0.717) is 30.9 Å². The van der Waals surface area contributed by atoms with E-state index >= 15 is 0 Å². The van der Waals surface area contributed by atoms with Crippen molar-refractivity contribution in [2.75, 3.05) is 53.0 Å². The highest BCUT2D eigenvalue weighted by atomic mass is 35.5. The lowest BCUT2D eigenvalue weighted by molar-refractivity contribution is 0.0940. The maximum atomic E-state index is 12.3. The fourth-order valence-electron chi connectivity index (χ4n) is 2.69. The minimum absolute atomic E-state index is 0. The molecule has 2 aliphatic rings. The van der Waals surface area contributed by atoms with Crippen molar-refractivity contribution in [1.29, 1.82) is 0 Å². The minimum atomic E-state index is 0. The number of hydrogen-bond acceptors (Lipinski definition) is 5. The van der Waals surface area contributed by atoms with E-state index in [2.05, 4.69) is 16.8 Å². The molecule has 7 heteroatoms. The molecule has 1 aromatic rings. The van der Waals surface area contributed by atoms with Crippen LogP contribution >= 0.6 is 24.8 Å². The van der Waals surface area contributed by atoms with Crippen molar-refractivity contribution in [3.05, 3.63) is 23.8 Å². The van der Waals surface area contributed by atoms with Crippen molar-refractivity contribution < 1.29 is 14.3 Å². The topological polar surface area (TPSA) is 42.0 Å². The average Bonchev–Trinajstić information content (AvgIpc) is 2.53. The van der Waals surface area contributed by atoms with E-state index in [9.17, 15) is 4.79 Å². The van der Waals surface area contributed by atoms with Gasteiger partial charge in [-0.05, 0) is 25.2 Å². The van der Waals surface area contributed by atoms with Gasteiger partial charge in [0.15, 0.2) is 17.3 Å². The van der Waals surface area contributed by atoms with Crippen LogP contribution in [0.5, 0.6) is 11.5 Å². The molecule has 0 bridgehead atoms. The number of carbonyl (C=O) groups excluding carboxylic acids is 1. The van der Waals surface area contributed by atoms with Crippen LogP contribution in [0.15, 0.2) is 18.2 Å².